The Hall–Kier alpha value is -3.32. The highest BCUT2D eigenvalue weighted by atomic mass is 32.1. The number of likely N-dealkylation sites (N-methyl/N-ethyl adjacent to an activating group) is 2. The van der Waals surface area contributed by atoms with Gasteiger partial charge in [0.15, 0.2) is 5.11 Å². The summed E-state index contributed by atoms with van der Waals surface area (Å²) in [5.41, 5.74) is 3.49. The average molecular weight is 392 g/mol. The molecule has 5 nitrogen and oxygen atoms in total. The predicted octanol–water partition coefficient (Wildman–Crippen LogP) is 3.71. The van der Waals surface area contributed by atoms with Gasteiger partial charge in [-0.1, -0.05) is 18.2 Å². The molecule has 0 radical (unpaired) electrons. The first-order valence-electron chi connectivity index (χ1n) is 8.64. The monoisotopic (exact) mass is 392 g/mol. The lowest BCUT2D eigenvalue weighted by Gasteiger charge is -2.11. The van der Waals surface area contributed by atoms with Crippen molar-refractivity contribution in [2.75, 3.05) is 14.1 Å². The van der Waals surface area contributed by atoms with Gasteiger partial charge >= 0.3 is 0 Å². The number of carbonyl (C=O) groups is 1. The Kier molecular flexibility index (Phi) is 4.52. The van der Waals surface area contributed by atoms with E-state index in [1.54, 1.807) is 41.9 Å². The van der Waals surface area contributed by atoms with Crippen LogP contribution in [0.2, 0.25) is 0 Å². The lowest BCUT2D eigenvalue weighted by atomic mass is 10.1. The van der Waals surface area contributed by atoms with Gasteiger partial charge in [-0.05, 0) is 54.7 Å². The molecule has 4 rings (SSSR count). The van der Waals surface area contributed by atoms with Crippen molar-refractivity contribution in [2.24, 2.45) is 0 Å². The molecule has 140 valence electrons. The van der Waals surface area contributed by atoms with Crippen LogP contribution in [0.1, 0.15) is 5.56 Å². The number of thiocarbonyl (C=S) groups is 1. The van der Waals surface area contributed by atoms with Crippen LogP contribution in [0.4, 0.5) is 4.39 Å². The zero-order valence-corrected chi connectivity index (χ0v) is 16.2. The summed E-state index contributed by atoms with van der Waals surface area (Å²) in [6.45, 7) is 0. The topological polar surface area (TPSA) is 41.4 Å². The van der Waals surface area contributed by atoms with Crippen molar-refractivity contribution < 1.29 is 9.18 Å². The minimum atomic E-state index is -0.316. The van der Waals surface area contributed by atoms with Gasteiger partial charge in [-0.15, -0.1) is 0 Å². The molecular formula is C21H17FN4OS. The number of nitrogens with zero attached hydrogens (tertiary/aromatic N) is 4. The molecule has 0 bridgehead atoms. The van der Waals surface area contributed by atoms with Crippen molar-refractivity contribution in [2.45, 2.75) is 0 Å². The maximum Gasteiger partial charge on any atom is 0.276 e. The first-order chi connectivity index (χ1) is 13.5. The Morgan fingerprint density at radius 2 is 1.68 bits per heavy atom. The van der Waals surface area contributed by atoms with E-state index in [-0.39, 0.29) is 11.7 Å². The average Bonchev–Trinajstić information content (AvgIpc) is 3.21. The molecule has 3 aromatic rings. The fourth-order valence-corrected chi connectivity index (χ4v) is 3.26. The zero-order valence-electron chi connectivity index (χ0n) is 15.3. The molecule has 7 heteroatoms. The molecule has 0 unspecified atom stereocenters. The van der Waals surface area contributed by atoms with E-state index >= 15 is 0 Å². The van der Waals surface area contributed by atoms with Gasteiger partial charge in [0.05, 0.1) is 5.69 Å². The minimum absolute atomic E-state index is 0.176. The van der Waals surface area contributed by atoms with Crippen molar-refractivity contribution in [3.05, 3.63) is 77.9 Å². The number of aromatic nitrogens is 2. The summed E-state index contributed by atoms with van der Waals surface area (Å²) < 4.78 is 15.1. The fraction of sp³-hybridized carbons (Fsp3) is 0.0952. The lowest BCUT2D eigenvalue weighted by Crippen LogP contribution is -2.26. The molecular weight excluding hydrogens is 375 g/mol. The Balaban J connectivity index is 1.87. The maximum atomic E-state index is 13.4. The highest BCUT2D eigenvalue weighted by Gasteiger charge is 2.33. The van der Waals surface area contributed by atoms with Crippen LogP contribution in [-0.4, -0.2) is 44.7 Å². The number of rotatable bonds is 3. The fourth-order valence-electron chi connectivity index (χ4n) is 3.07. The third kappa shape index (κ3) is 3.10. The van der Waals surface area contributed by atoms with Gasteiger partial charge in [-0.3, -0.25) is 9.69 Å². The zero-order chi connectivity index (χ0) is 19.8. The number of hydrogen-bond donors (Lipinski definition) is 0. The van der Waals surface area contributed by atoms with Crippen LogP contribution in [0, 0.1) is 5.82 Å². The lowest BCUT2D eigenvalue weighted by molar-refractivity contribution is -0.121. The summed E-state index contributed by atoms with van der Waals surface area (Å²) in [5.74, 6) is -0.492. The van der Waals surface area contributed by atoms with Gasteiger partial charge in [0.2, 0.25) is 0 Å². The van der Waals surface area contributed by atoms with E-state index in [4.69, 9.17) is 12.2 Å². The largest absolute Gasteiger partial charge is 0.317 e. The van der Waals surface area contributed by atoms with E-state index < -0.39 is 0 Å². The van der Waals surface area contributed by atoms with Gasteiger partial charge in [0.1, 0.15) is 17.2 Å². The van der Waals surface area contributed by atoms with E-state index in [1.165, 1.54) is 17.0 Å². The van der Waals surface area contributed by atoms with Crippen LogP contribution in [0.5, 0.6) is 0 Å². The van der Waals surface area contributed by atoms with Crippen LogP contribution in [0.3, 0.4) is 0 Å². The molecule has 0 N–H and O–H groups in total. The van der Waals surface area contributed by atoms with Gasteiger partial charge in [-0.25, -0.2) is 9.07 Å². The number of benzene rings is 2. The third-order valence-corrected chi connectivity index (χ3v) is 5.18. The second-order valence-corrected chi connectivity index (χ2v) is 6.82. The van der Waals surface area contributed by atoms with Crippen LogP contribution in [0.25, 0.3) is 23.0 Å². The quantitative estimate of drug-likeness (QED) is 0.503. The summed E-state index contributed by atoms with van der Waals surface area (Å²) in [6, 6.07) is 15.8. The van der Waals surface area contributed by atoms with Crippen molar-refractivity contribution in [1.82, 2.24) is 19.6 Å². The smallest absolute Gasteiger partial charge is 0.276 e. The Morgan fingerprint density at radius 1 is 1.00 bits per heavy atom. The molecule has 28 heavy (non-hydrogen) atoms. The second kappa shape index (κ2) is 7.01. The number of para-hydroxylation sites is 1. The number of hydrogen-bond acceptors (Lipinski definition) is 3. The number of carbonyl (C=O) groups excluding carboxylic acids is 1. The first kappa shape index (κ1) is 18.1. The third-order valence-electron chi connectivity index (χ3n) is 4.63. The second-order valence-electron chi connectivity index (χ2n) is 6.46. The number of halogens is 1. The predicted molar refractivity (Wildman–Crippen MR) is 110 cm³/mol. The van der Waals surface area contributed by atoms with Crippen molar-refractivity contribution in [3.8, 4) is 16.9 Å². The summed E-state index contributed by atoms with van der Waals surface area (Å²) in [6.07, 6.45) is 3.62. The highest BCUT2D eigenvalue weighted by Crippen LogP contribution is 2.28. The molecule has 1 amide bonds. The Bertz CT molecular complexity index is 1090. The van der Waals surface area contributed by atoms with Crippen LogP contribution in [0.15, 0.2) is 66.5 Å². The van der Waals surface area contributed by atoms with E-state index in [2.05, 4.69) is 5.10 Å². The summed E-state index contributed by atoms with van der Waals surface area (Å²) in [4.78, 5) is 15.7. The standard InChI is InChI=1S/C21H17FN4OS/c1-24-18(20(27)25(2)21(24)28)12-15-13-26(17-6-4-3-5-7-17)23-19(15)14-8-10-16(22)11-9-14/h3-13H,1-2H3/b18-12-. The molecule has 1 aromatic heterocycles. The van der Waals surface area contributed by atoms with Crippen LogP contribution < -0.4 is 0 Å². The van der Waals surface area contributed by atoms with E-state index in [9.17, 15) is 9.18 Å². The van der Waals surface area contributed by atoms with E-state index in [0.29, 0.717) is 16.5 Å². The SMILES string of the molecule is CN1C(=O)/C(=C/c2cn(-c3ccccc3)nc2-c2ccc(F)cc2)N(C)C1=S. The van der Waals surface area contributed by atoms with Crippen molar-refractivity contribution in [3.63, 3.8) is 0 Å². The van der Waals surface area contributed by atoms with Crippen molar-refractivity contribution in [1.29, 1.82) is 0 Å². The molecule has 1 aliphatic rings. The summed E-state index contributed by atoms with van der Waals surface area (Å²) >= 11 is 5.28. The van der Waals surface area contributed by atoms with E-state index in [0.717, 1.165) is 16.8 Å². The number of amides is 1. The Labute approximate surface area is 167 Å². The molecule has 2 heterocycles. The molecule has 1 fully saturated rings. The molecule has 1 aliphatic heterocycles. The molecule has 0 atom stereocenters. The van der Waals surface area contributed by atoms with E-state index in [1.807, 2.05) is 36.5 Å². The highest BCUT2D eigenvalue weighted by molar-refractivity contribution is 7.80. The van der Waals surface area contributed by atoms with Crippen LogP contribution >= 0.6 is 12.2 Å². The minimum Gasteiger partial charge on any atom is -0.317 e. The Morgan fingerprint density at radius 3 is 2.29 bits per heavy atom. The molecule has 1 saturated heterocycles. The first-order valence-corrected chi connectivity index (χ1v) is 9.05. The summed E-state index contributed by atoms with van der Waals surface area (Å²) in [5, 5.41) is 5.12. The molecule has 0 spiro atoms. The summed E-state index contributed by atoms with van der Waals surface area (Å²) in [7, 11) is 3.41. The molecule has 0 aliphatic carbocycles. The molecule has 2 aromatic carbocycles. The van der Waals surface area contributed by atoms with Gasteiger partial charge in [-0.2, -0.15) is 5.10 Å². The van der Waals surface area contributed by atoms with Crippen molar-refractivity contribution >= 4 is 29.3 Å². The molecule has 0 saturated carbocycles. The van der Waals surface area contributed by atoms with Crippen LogP contribution in [-0.2, 0) is 4.79 Å². The maximum absolute atomic E-state index is 13.4. The van der Waals surface area contributed by atoms with Gasteiger partial charge in [0, 0.05) is 31.4 Å². The van der Waals surface area contributed by atoms with Gasteiger partial charge < -0.3 is 4.90 Å². The van der Waals surface area contributed by atoms with Gasteiger partial charge in [0.25, 0.3) is 5.91 Å². The normalized spacial score (nSPS) is 15.8.